The maximum atomic E-state index is 13.4. The molecule has 2 nitrogen and oxygen atoms in total. The van der Waals surface area contributed by atoms with Crippen LogP contribution in [0.1, 0.15) is 25.5 Å². The van der Waals surface area contributed by atoms with Gasteiger partial charge in [-0.1, -0.05) is 28.1 Å². The summed E-state index contributed by atoms with van der Waals surface area (Å²) in [6.07, 6.45) is 0. The van der Waals surface area contributed by atoms with Crippen molar-refractivity contribution in [3.8, 4) is 0 Å². The summed E-state index contributed by atoms with van der Waals surface area (Å²) < 4.78 is 14.3. The van der Waals surface area contributed by atoms with Gasteiger partial charge in [-0.15, -0.1) is 0 Å². The van der Waals surface area contributed by atoms with Crippen LogP contribution in [0.25, 0.3) is 0 Å². The predicted octanol–water partition coefficient (Wildman–Crippen LogP) is 4.77. The van der Waals surface area contributed by atoms with Crippen molar-refractivity contribution in [1.82, 2.24) is 0 Å². The molecule has 0 fully saturated rings. The average molecular weight is 337 g/mol. The Morgan fingerprint density at radius 3 is 2.45 bits per heavy atom. The summed E-state index contributed by atoms with van der Waals surface area (Å²) >= 11 is 3.55. The van der Waals surface area contributed by atoms with Crippen LogP contribution in [0.4, 0.5) is 15.8 Å². The smallest absolute Gasteiger partial charge is 0.125 e. The van der Waals surface area contributed by atoms with Crippen LogP contribution in [-0.2, 0) is 0 Å². The van der Waals surface area contributed by atoms with Gasteiger partial charge in [-0.05, 0) is 49.7 Å². The molecular weight excluding hydrogens is 319 g/mol. The zero-order chi connectivity index (χ0) is 14.7. The van der Waals surface area contributed by atoms with Gasteiger partial charge in [0.25, 0.3) is 0 Å². The normalized spacial score (nSPS) is 12.2. The fourth-order valence-electron chi connectivity index (χ4n) is 2.21. The van der Waals surface area contributed by atoms with E-state index in [2.05, 4.69) is 20.8 Å². The Morgan fingerprint density at radius 2 is 1.90 bits per heavy atom. The van der Waals surface area contributed by atoms with Crippen LogP contribution in [0.5, 0.6) is 0 Å². The first kappa shape index (κ1) is 15.0. The van der Waals surface area contributed by atoms with Crippen molar-refractivity contribution < 1.29 is 4.39 Å². The Balaban J connectivity index is 2.40. The minimum absolute atomic E-state index is 0.0253. The topological polar surface area (TPSA) is 29.3 Å². The number of hydrogen-bond acceptors (Lipinski definition) is 2. The van der Waals surface area contributed by atoms with Gasteiger partial charge in [-0.2, -0.15) is 0 Å². The highest BCUT2D eigenvalue weighted by atomic mass is 79.9. The van der Waals surface area contributed by atoms with Crippen LogP contribution in [-0.4, -0.2) is 6.54 Å². The van der Waals surface area contributed by atoms with Gasteiger partial charge in [0.05, 0.1) is 0 Å². The van der Waals surface area contributed by atoms with Gasteiger partial charge < -0.3 is 10.6 Å². The fraction of sp³-hybridized carbons (Fsp3) is 0.250. The second-order valence-electron chi connectivity index (χ2n) is 4.72. The third kappa shape index (κ3) is 3.19. The van der Waals surface area contributed by atoms with Crippen molar-refractivity contribution in [1.29, 1.82) is 0 Å². The molecule has 20 heavy (non-hydrogen) atoms. The quantitative estimate of drug-likeness (QED) is 0.871. The van der Waals surface area contributed by atoms with E-state index in [0.717, 1.165) is 28.0 Å². The van der Waals surface area contributed by atoms with E-state index in [1.54, 1.807) is 6.07 Å². The van der Waals surface area contributed by atoms with Gasteiger partial charge >= 0.3 is 0 Å². The molecule has 2 N–H and O–H groups in total. The van der Waals surface area contributed by atoms with Crippen LogP contribution in [0.15, 0.2) is 46.9 Å². The van der Waals surface area contributed by atoms with E-state index in [0.29, 0.717) is 0 Å². The van der Waals surface area contributed by atoms with Crippen LogP contribution in [0.3, 0.4) is 0 Å². The molecule has 0 saturated carbocycles. The molecular formula is C16H18BrFN2. The molecule has 0 amide bonds. The first-order chi connectivity index (χ1) is 9.52. The highest BCUT2D eigenvalue weighted by molar-refractivity contribution is 9.10. The van der Waals surface area contributed by atoms with Crippen molar-refractivity contribution in [2.45, 2.75) is 19.9 Å². The molecule has 0 aliphatic rings. The summed E-state index contributed by atoms with van der Waals surface area (Å²) in [4.78, 5) is 2.05. The SMILES string of the molecule is CCN(c1cccc(F)c1)c1ccc([C@@H](C)N)c(Br)c1. The number of nitrogens with two attached hydrogens (primary N) is 1. The fourth-order valence-corrected chi connectivity index (χ4v) is 2.94. The largest absolute Gasteiger partial charge is 0.342 e. The molecule has 0 aliphatic carbocycles. The summed E-state index contributed by atoms with van der Waals surface area (Å²) in [7, 11) is 0. The summed E-state index contributed by atoms with van der Waals surface area (Å²) in [5.74, 6) is -0.229. The third-order valence-electron chi connectivity index (χ3n) is 3.22. The number of hydrogen-bond donors (Lipinski definition) is 1. The second kappa shape index (κ2) is 6.37. The van der Waals surface area contributed by atoms with Crippen molar-refractivity contribution in [3.63, 3.8) is 0 Å². The van der Waals surface area contributed by atoms with Gasteiger partial charge in [-0.25, -0.2) is 4.39 Å². The van der Waals surface area contributed by atoms with E-state index in [1.807, 2.05) is 38.1 Å². The Labute approximate surface area is 127 Å². The average Bonchev–Trinajstić information content (AvgIpc) is 2.39. The number of halogens is 2. The maximum Gasteiger partial charge on any atom is 0.125 e. The summed E-state index contributed by atoms with van der Waals surface area (Å²) in [6, 6.07) is 12.6. The number of rotatable bonds is 4. The van der Waals surface area contributed by atoms with Crippen molar-refractivity contribution >= 4 is 27.3 Å². The molecule has 0 bridgehead atoms. The van der Waals surface area contributed by atoms with Gasteiger partial charge in [0, 0.05) is 28.4 Å². The zero-order valence-electron chi connectivity index (χ0n) is 11.6. The third-order valence-corrected chi connectivity index (χ3v) is 3.91. The second-order valence-corrected chi connectivity index (χ2v) is 5.57. The van der Waals surface area contributed by atoms with E-state index < -0.39 is 0 Å². The van der Waals surface area contributed by atoms with E-state index >= 15 is 0 Å². The highest BCUT2D eigenvalue weighted by Crippen LogP contribution is 2.31. The molecule has 106 valence electrons. The summed E-state index contributed by atoms with van der Waals surface area (Å²) in [6.45, 7) is 4.75. The molecule has 4 heteroatoms. The highest BCUT2D eigenvalue weighted by Gasteiger charge is 2.11. The van der Waals surface area contributed by atoms with Crippen molar-refractivity contribution in [2.24, 2.45) is 5.73 Å². The minimum Gasteiger partial charge on any atom is -0.342 e. The maximum absolute atomic E-state index is 13.4. The van der Waals surface area contributed by atoms with Crippen LogP contribution in [0, 0.1) is 5.82 Å². The van der Waals surface area contributed by atoms with E-state index in [-0.39, 0.29) is 11.9 Å². The summed E-state index contributed by atoms with van der Waals surface area (Å²) in [5.41, 5.74) is 8.82. The molecule has 2 rings (SSSR count). The molecule has 0 spiro atoms. The molecule has 0 aliphatic heterocycles. The number of anilines is 2. The van der Waals surface area contributed by atoms with Crippen LogP contribution in [0.2, 0.25) is 0 Å². The first-order valence-electron chi connectivity index (χ1n) is 6.61. The molecule has 0 radical (unpaired) electrons. The molecule has 0 unspecified atom stereocenters. The Hall–Kier alpha value is -1.39. The lowest BCUT2D eigenvalue weighted by atomic mass is 10.1. The van der Waals surface area contributed by atoms with Gasteiger partial charge in [-0.3, -0.25) is 0 Å². The Morgan fingerprint density at radius 1 is 1.20 bits per heavy atom. The lowest BCUT2D eigenvalue weighted by Gasteiger charge is -2.24. The minimum atomic E-state index is -0.229. The lowest BCUT2D eigenvalue weighted by molar-refractivity contribution is 0.627. The zero-order valence-corrected chi connectivity index (χ0v) is 13.2. The van der Waals surface area contributed by atoms with E-state index in [4.69, 9.17) is 5.73 Å². The van der Waals surface area contributed by atoms with Crippen molar-refractivity contribution in [2.75, 3.05) is 11.4 Å². The standard InChI is InChI=1S/C16H18BrFN2/c1-3-20(13-6-4-5-12(18)9-13)14-7-8-15(11(2)19)16(17)10-14/h4-11H,3,19H2,1-2H3/t11-/m1/s1. The first-order valence-corrected chi connectivity index (χ1v) is 7.40. The van der Waals surface area contributed by atoms with Crippen molar-refractivity contribution in [3.05, 3.63) is 58.3 Å². The van der Waals surface area contributed by atoms with Gasteiger partial charge in [0.15, 0.2) is 0 Å². The molecule has 2 aromatic carbocycles. The van der Waals surface area contributed by atoms with Crippen LogP contribution < -0.4 is 10.6 Å². The van der Waals surface area contributed by atoms with E-state index in [1.165, 1.54) is 12.1 Å². The van der Waals surface area contributed by atoms with E-state index in [9.17, 15) is 4.39 Å². The molecule has 0 heterocycles. The Kier molecular flexibility index (Phi) is 4.78. The van der Waals surface area contributed by atoms with Gasteiger partial charge in [0.1, 0.15) is 5.82 Å². The Bertz CT molecular complexity index is 599. The number of nitrogens with zero attached hydrogens (tertiary/aromatic N) is 1. The van der Waals surface area contributed by atoms with Crippen LogP contribution >= 0.6 is 15.9 Å². The molecule has 2 aromatic rings. The molecule has 0 saturated heterocycles. The number of benzene rings is 2. The molecule has 0 aromatic heterocycles. The predicted molar refractivity (Wildman–Crippen MR) is 85.8 cm³/mol. The molecule has 1 atom stereocenters. The monoisotopic (exact) mass is 336 g/mol. The lowest BCUT2D eigenvalue weighted by Crippen LogP contribution is -2.16. The summed E-state index contributed by atoms with van der Waals surface area (Å²) in [5, 5.41) is 0. The van der Waals surface area contributed by atoms with Gasteiger partial charge in [0.2, 0.25) is 0 Å².